The minimum absolute atomic E-state index is 0.0521. The molecule has 2 N–H and O–H groups in total. The first-order chi connectivity index (χ1) is 11.8. The lowest BCUT2D eigenvalue weighted by molar-refractivity contribution is -0.117. The van der Waals surface area contributed by atoms with Crippen LogP contribution in [-0.2, 0) is 4.79 Å². The van der Waals surface area contributed by atoms with Gasteiger partial charge in [-0.05, 0) is 25.1 Å². The summed E-state index contributed by atoms with van der Waals surface area (Å²) in [5.74, 6) is 1.35. The second-order valence-corrected chi connectivity index (χ2v) is 6.04. The van der Waals surface area contributed by atoms with Crippen molar-refractivity contribution in [3.05, 3.63) is 29.3 Å². The Morgan fingerprint density at radius 3 is 3.00 bits per heavy atom. The Kier molecular flexibility index (Phi) is 5.72. The zero-order chi connectivity index (χ0) is 16.8. The number of hydrogen-bond donors (Lipinski definition) is 2. The number of fused-ring (bicyclic) bond motifs is 1. The maximum Gasteiger partial charge on any atom is 0.250 e. The maximum absolute atomic E-state index is 12.3. The van der Waals surface area contributed by atoms with Crippen molar-refractivity contribution in [3.63, 3.8) is 0 Å². The van der Waals surface area contributed by atoms with Crippen molar-refractivity contribution in [2.45, 2.75) is 6.42 Å². The van der Waals surface area contributed by atoms with Crippen LogP contribution in [0.15, 0.2) is 23.8 Å². The molecule has 1 saturated heterocycles. The van der Waals surface area contributed by atoms with Crippen LogP contribution in [0.4, 0.5) is 0 Å². The van der Waals surface area contributed by atoms with Gasteiger partial charge in [0, 0.05) is 38.3 Å². The average Bonchev–Trinajstić information content (AvgIpc) is 2.65. The first kappa shape index (κ1) is 16.8. The van der Waals surface area contributed by atoms with Gasteiger partial charge in [0.05, 0.1) is 12.7 Å². The zero-order valence-corrected chi connectivity index (χ0v) is 14.1. The van der Waals surface area contributed by atoms with Crippen molar-refractivity contribution in [1.82, 2.24) is 15.5 Å². The van der Waals surface area contributed by atoms with Crippen LogP contribution in [0.25, 0.3) is 6.08 Å². The molecular formula is C18H25N3O3. The SMILES string of the molecule is COc1cccc2c1OCC(C(=O)NCCCN1CCNCC1)=C2. The predicted molar refractivity (Wildman–Crippen MR) is 93.4 cm³/mol. The summed E-state index contributed by atoms with van der Waals surface area (Å²) in [6, 6.07) is 5.67. The topological polar surface area (TPSA) is 62.8 Å². The molecule has 24 heavy (non-hydrogen) atoms. The molecule has 0 spiro atoms. The monoisotopic (exact) mass is 331 g/mol. The van der Waals surface area contributed by atoms with E-state index in [1.54, 1.807) is 7.11 Å². The van der Waals surface area contributed by atoms with Crippen molar-refractivity contribution < 1.29 is 14.3 Å². The summed E-state index contributed by atoms with van der Waals surface area (Å²) in [5, 5.41) is 6.33. The molecule has 130 valence electrons. The minimum atomic E-state index is -0.0521. The Hall–Kier alpha value is -2.05. The van der Waals surface area contributed by atoms with Crippen LogP contribution < -0.4 is 20.1 Å². The van der Waals surface area contributed by atoms with Crippen LogP contribution in [0.2, 0.25) is 0 Å². The van der Waals surface area contributed by atoms with Gasteiger partial charge in [0.2, 0.25) is 0 Å². The molecule has 1 aromatic carbocycles. The van der Waals surface area contributed by atoms with Gasteiger partial charge in [-0.3, -0.25) is 4.79 Å². The van der Waals surface area contributed by atoms with E-state index in [2.05, 4.69) is 15.5 Å². The Morgan fingerprint density at radius 2 is 2.21 bits per heavy atom. The van der Waals surface area contributed by atoms with Crippen LogP contribution in [0.1, 0.15) is 12.0 Å². The van der Waals surface area contributed by atoms with Gasteiger partial charge in [0.1, 0.15) is 6.61 Å². The fourth-order valence-electron chi connectivity index (χ4n) is 3.02. The normalized spacial score (nSPS) is 17.5. The van der Waals surface area contributed by atoms with Gasteiger partial charge in [0.15, 0.2) is 11.5 Å². The van der Waals surface area contributed by atoms with Crippen LogP contribution in [0.5, 0.6) is 11.5 Å². The number of piperazine rings is 1. The quantitative estimate of drug-likeness (QED) is 0.758. The van der Waals surface area contributed by atoms with E-state index in [0.717, 1.165) is 44.7 Å². The first-order valence-corrected chi connectivity index (χ1v) is 8.49. The Labute approximate surface area is 142 Å². The van der Waals surface area contributed by atoms with Gasteiger partial charge in [-0.1, -0.05) is 12.1 Å². The summed E-state index contributed by atoms with van der Waals surface area (Å²) >= 11 is 0. The number of carbonyl (C=O) groups is 1. The molecule has 2 aliphatic rings. The van der Waals surface area contributed by atoms with E-state index in [-0.39, 0.29) is 12.5 Å². The Bertz CT molecular complexity index is 610. The molecule has 0 aliphatic carbocycles. The van der Waals surface area contributed by atoms with Crippen molar-refractivity contribution >= 4 is 12.0 Å². The molecule has 1 fully saturated rings. The van der Waals surface area contributed by atoms with Crippen LogP contribution in [0, 0.1) is 0 Å². The number of rotatable bonds is 6. The highest BCUT2D eigenvalue weighted by Gasteiger charge is 2.19. The molecule has 6 nitrogen and oxygen atoms in total. The number of carbonyl (C=O) groups excluding carboxylic acids is 1. The molecule has 1 amide bonds. The first-order valence-electron chi connectivity index (χ1n) is 8.49. The molecule has 0 radical (unpaired) electrons. The van der Waals surface area contributed by atoms with Crippen LogP contribution >= 0.6 is 0 Å². The molecule has 0 saturated carbocycles. The van der Waals surface area contributed by atoms with E-state index < -0.39 is 0 Å². The van der Waals surface area contributed by atoms with E-state index in [9.17, 15) is 4.79 Å². The number of hydrogen-bond acceptors (Lipinski definition) is 5. The highest BCUT2D eigenvalue weighted by Crippen LogP contribution is 2.35. The summed E-state index contributed by atoms with van der Waals surface area (Å²) in [4.78, 5) is 14.7. The lowest BCUT2D eigenvalue weighted by Gasteiger charge is -2.27. The van der Waals surface area contributed by atoms with E-state index in [0.29, 0.717) is 23.6 Å². The maximum atomic E-state index is 12.3. The molecular weight excluding hydrogens is 306 g/mol. The fraction of sp³-hybridized carbons (Fsp3) is 0.500. The van der Waals surface area contributed by atoms with Gasteiger partial charge in [-0.15, -0.1) is 0 Å². The minimum Gasteiger partial charge on any atom is -0.493 e. The van der Waals surface area contributed by atoms with Gasteiger partial charge >= 0.3 is 0 Å². The number of ether oxygens (including phenoxy) is 2. The molecule has 2 heterocycles. The highest BCUT2D eigenvalue weighted by molar-refractivity contribution is 5.99. The molecule has 0 bridgehead atoms. The lowest BCUT2D eigenvalue weighted by Crippen LogP contribution is -2.44. The molecule has 0 atom stereocenters. The van der Waals surface area contributed by atoms with Crippen molar-refractivity contribution in [3.8, 4) is 11.5 Å². The summed E-state index contributed by atoms with van der Waals surface area (Å²) in [6.45, 7) is 6.27. The number of amides is 1. The Morgan fingerprint density at radius 1 is 1.38 bits per heavy atom. The molecule has 1 aromatic rings. The number of para-hydroxylation sites is 1. The van der Waals surface area contributed by atoms with Gasteiger partial charge < -0.3 is 25.0 Å². The van der Waals surface area contributed by atoms with E-state index >= 15 is 0 Å². The molecule has 6 heteroatoms. The van der Waals surface area contributed by atoms with Crippen molar-refractivity contribution in [2.75, 3.05) is 53.0 Å². The summed E-state index contributed by atoms with van der Waals surface area (Å²) in [6.07, 6.45) is 2.84. The molecule has 2 aliphatic heterocycles. The summed E-state index contributed by atoms with van der Waals surface area (Å²) in [5.41, 5.74) is 1.53. The van der Waals surface area contributed by atoms with Crippen molar-refractivity contribution in [1.29, 1.82) is 0 Å². The molecule has 0 aromatic heterocycles. The number of nitrogens with one attached hydrogen (secondary N) is 2. The summed E-state index contributed by atoms with van der Waals surface area (Å²) in [7, 11) is 1.61. The molecule has 0 unspecified atom stereocenters. The van der Waals surface area contributed by atoms with Gasteiger partial charge in [-0.25, -0.2) is 0 Å². The lowest BCUT2D eigenvalue weighted by atomic mass is 10.1. The second kappa shape index (κ2) is 8.17. The third-order valence-corrected chi connectivity index (χ3v) is 4.37. The average molecular weight is 331 g/mol. The van der Waals surface area contributed by atoms with E-state index in [4.69, 9.17) is 9.47 Å². The van der Waals surface area contributed by atoms with Crippen molar-refractivity contribution in [2.24, 2.45) is 0 Å². The largest absolute Gasteiger partial charge is 0.493 e. The summed E-state index contributed by atoms with van der Waals surface area (Å²) < 4.78 is 11.0. The van der Waals surface area contributed by atoms with Gasteiger partial charge in [-0.2, -0.15) is 0 Å². The van der Waals surface area contributed by atoms with Crippen LogP contribution in [0.3, 0.4) is 0 Å². The zero-order valence-electron chi connectivity index (χ0n) is 14.1. The third-order valence-electron chi connectivity index (χ3n) is 4.37. The highest BCUT2D eigenvalue weighted by atomic mass is 16.5. The van der Waals surface area contributed by atoms with Gasteiger partial charge in [0.25, 0.3) is 5.91 Å². The second-order valence-electron chi connectivity index (χ2n) is 6.04. The van der Waals surface area contributed by atoms with Crippen LogP contribution in [-0.4, -0.2) is 63.8 Å². The number of methoxy groups -OCH3 is 1. The predicted octanol–water partition coefficient (Wildman–Crippen LogP) is 0.883. The smallest absolute Gasteiger partial charge is 0.250 e. The fourth-order valence-corrected chi connectivity index (χ4v) is 3.02. The number of benzene rings is 1. The van der Waals surface area contributed by atoms with E-state index in [1.807, 2.05) is 24.3 Å². The molecule has 3 rings (SSSR count). The standard InChI is InChI=1S/C18H25N3O3/c1-23-16-5-2-4-14-12-15(13-24-17(14)16)18(22)20-6-3-9-21-10-7-19-8-11-21/h2,4-5,12,19H,3,6-11,13H2,1H3,(H,20,22). The number of nitrogens with zero attached hydrogens (tertiary/aromatic N) is 1. The Balaban J connectivity index is 1.49. The van der Waals surface area contributed by atoms with E-state index in [1.165, 1.54) is 0 Å². The third kappa shape index (κ3) is 4.07.